The van der Waals surface area contributed by atoms with Crippen molar-refractivity contribution in [3.05, 3.63) is 69.4 Å². The predicted molar refractivity (Wildman–Crippen MR) is 124 cm³/mol. The zero-order valence-electron chi connectivity index (χ0n) is 19.2. The molecule has 3 rings (SSSR count). The van der Waals surface area contributed by atoms with Gasteiger partial charge in [-0.25, -0.2) is 4.39 Å². The quantitative estimate of drug-likeness (QED) is 0.457. The summed E-state index contributed by atoms with van der Waals surface area (Å²) in [6.45, 7) is 2.85. The van der Waals surface area contributed by atoms with Gasteiger partial charge in [-0.2, -0.15) is 0 Å². The van der Waals surface area contributed by atoms with Crippen molar-refractivity contribution in [2.45, 2.75) is 32.9 Å². The van der Waals surface area contributed by atoms with Crippen LogP contribution < -0.4 is 10.9 Å². The number of hydrogen-bond donors (Lipinski definition) is 3. The molecule has 0 fully saturated rings. The highest BCUT2D eigenvalue weighted by atomic mass is 19.1. The lowest BCUT2D eigenvalue weighted by Gasteiger charge is -2.19. The Kier molecular flexibility index (Phi) is 7.62. The van der Waals surface area contributed by atoms with Gasteiger partial charge >= 0.3 is 0 Å². The largest absolute Gasteiger partial charge is 0.505 e. The summed E-state index contributed by atoms with van der Waals surface area (Å²) < 4.78 is 14.5. The molecule has 1 aromatic carbocycles. The molecule has 0 aliphatic rings. The number of rotatable bonds is 8. The van der Waals surface area contributed by atoms with Crippen LogP contribution in [0.5, 0.6) is 5.75 Å². The van der Waals surface area contributed by atoms with E-state index in [1.165, 1.54) is 34.7 Å². The molecule has 0 aliphatic carbocycles. The molecule has 10 heteroatoms. The van der Waals surface area contributed by atoms with E-state index in [9.17, 15) is 29.0 Å². The van der Waals surface area contributed by atoms with E-state index >= 15 is 0 Å². The first-order chi connectivity index (χ1) is 16.1. The van der Waals surface area contributed by atoms with Crippen molar-refractivity contribution < 1.29 is 24.2 Å². The second-order valence-electron chi connectivity index (χ2n) is 8.19. The molecule has 9 nitrogen and oxygen atoms in total. The third kappa shape index (κ3) is 5.40. The van der Waals surface area contributed by atoms with Gasteiger partial charge in [-0.1, -0.05) is 12.1 Å². The number of benzene rings is 1. The first-order valence-electron chi connectivity index (χ1n) is 10.7. The third-order valence-electron chi connectivity index (χ3n) is 5.53. The highest BCUT2D eigenvalue weighted by Gasteiger charge is 2.24. The van der Waals surface area contributed by atoms with Crippen LogP contribution in [-0.2, 0) is 17.8 Å². The number of pyridine rings is 2. The molecule has 180 valence electrons. The van der Waals surface area contributed by atoms with E-state index < -0.39 is 28.8 Å². The van der Waals surface area contributed by atoms with E-state index in [0.717, 1.165) is 5.56 Å². The van der Waals surface area contributed by atoms with Crippen LogP contribution in [0.2, 0.25) is 0 Å². The summed E-state index contributed by atoms with van der Waals surface area (Å²) in [5.41, 5.74) is 0.645. The van der Waals surface area contributed by atoms with Crippen LogP contribution in [0.15, 0.2) is 41.3 Å². The fraction of sp³-hybridized carbons (Fsp3) is 0.333. The average Bonchev–Trinajstić information content (AvgIpc) is 2.80. The van der Waals surface area contributed by atoms with Crippen LogP contribution in [0.25, 0.3) is 11.0 Å². The first-order valence-corrected chi connectivity index (χ1v) is 10.7. The van der Waals surface area contributed by atoms with Gasteiger partial charge in [0.2, 0.25) is 5.91 Å². The number of aromatic nitrogens is 2. The van der Waals surface area contributed by atoms with Crippen molar-refractivity contribution in [2.24, 2.45) is 0 Å². The van der Waals surface area contributed by atoms with Gasteiger partial charge in [0, 0.05) is 39.3 Å². The fourth-order valence-electron chi connectivity index (χ4n) is 3.46. The summed E-state index contributed by atoms with van der Waals surface area (Å²) >= 11 is 0. The van der Waals surface area contributed by atoms with Crippen LogP contribution in [-0.4, -0.2) is 62.7 Å². The van der Waals surface area contributed by atoms with Crippen LogP contribution in [0, 0.1) is 5.82 Å². The number of aromatic hydroxyl groups is 1. The normalized spacial score (nSPS) is 11.9. The van der Waals surface area contributed by atoms with Gasteiger partial charge in [-0.05, 0) is 42.7 Å². The third-order valence-corrected chi connectivity index (χ3v) is 5.53. The maximum atomic E-state index is 13.3. The molecule has 2 amide bonds. The molecule has 0 radical (unpaired) electrons. The second kappa shape index (κ2) is 10.4. The maximum Gasteiger partial charge on any atom is 0.267 e. The summed E-state index contributed by atoms with van der Waals surface area (Å²) in [6.07, 6.45) is 1.92. The van der Waals surface area contributed by atoms with E-state index in [2.05, 4.69) is 10.3 Å². The zero-order chi connectivity index (χ0) is 25.0. The molecule has 34 heavy (non-hydrogen) atoms. The number of amides is 2. The highest BCUT2D eigenvalue weighted by molar-refractivity contribution is 6.01. The monoisotopic (exact) mass is 470 g/mol. The Morgan fingerprint density at radius 1 is 1.24 bits per heavy atom. The van der Waals surface area contributed by atoms with E-state index in [1.54, 1.807) is 32.2 Å². The number of likely N-dealkylation sites (N-methyl/N-ethyl adjacent to an activating group) is 1. The summed E-state index contributed by atoms with van der Waals surface area (Å²) in [5, 5.41) is 22.5. The zero-order valence-corrected chi connectivity index (χ0v) is 19.2. The predicted octanol–water partition coefficient (Wildman–Crippen LogP) is 1.42. The summed E-state index contributed by atoms with van der Waals surface area (Å²) in [5.74, 6) is -1.94. The summed E-state index contributed by atoms with van der Waals surface area (Å²) in [7, 11) is 1.59. The van der Waals surface area contributed by atoms with Crippen molar-refractivity contribution in [3.8, 4) is 5.75 Å². The molecule has 3 aromatic rings. The smallest absolute Gasteiger partial charge is 0.267 e. The van der Waals surface area contributed by atoms with Crippen LogP contribution in [0.4, 0.5) is 4.39 Å². The molecule has 2 heterocycles. The number of nitrogens with one attached hydrogen (secondary N) is 1. The number of aliphatic hydroxyl groups is 1. The van der Waals surface area contributed by atoms with E-state index in [0.29, 0.717) is 17.5 Å². The fourth-order valence-corrected chi connectivity index (χ4v) is 3.46. The molecule has 0 bridgehead atoms. The van der Waals surface area contributed by atoms with Gasteiger partial charge in [-0.3, -0.25) is 19.4 Å². The van der Waals surface area contributed by atoms with Gasteiger partial charge in [0.15, 0.2) is 5.75 Å². The number of fused-ring (bicyclic) bond motifs is 1. The molecular weight excluding hydrogens is 443 g/mol. The molecule has 3 N–H and O–H groups in total. The van der Waals surface area contributed by atoms with Gasteiger partial charge in [0.25, 0.3) is 11.5 Å². The SMILES string of the molecule is CC(=O)N(C)CCn1c(=O)c(C(=O)NC(C)CO)c(O)c2ncc(Cc3ccc(F)cc3)cc21. The van der Waals surface area contributed by atoms with E-state index in [1.807, 2.05) is 0 Å². The van der Waals surface area contributed by atoms with Gasteiger partial charge in [-0.15, -0.1) is 0 Å². The molecule has 0 aliphatic heterocycles. The number of aliphatic hydroxyl groups excluding tert-OH is 1. The van der Waals surface area contributed by atoms with Crippen molar-refractivity contribution in [1.29, 1.82) is 0 Å². The van der Waals surface area contributed by atoms with Crippen LogP contribution in [0.1, 0.15) is 35.3 Å². The van der Waals surface area contributed by atoms with Crippen molar-refractivity contribution >= 4 is 22.8 Å². The molecule has 1 atom stereocenters. The Morgan fingerprint density at radius 3 is 2.53 bits per heavy atom. The number of carbonyl (C=O) groups excluding carboxylic acids is 2. The van der Waals surface area contributed by atoms with Crippen LogP contribution in [0.3, 0.4) is 0 Å². The number of nitrogens with zero attached hydrogens (tertiary/aromatic N) is 3. The minimum atomic E-state index is -0.836. The Balaban J connectivity index is 2.13. The Morgan fingerprint density at radius 2 is 1.91 bits per heavy atom. The minimum Gasteiger partial charge on any atom is -0.505 e. The highest BCUT2D eigenvalue weighted by Crippen LogP contribution is 2.26. The number of carbonyl (C=O) groups is 2. The van der Waals surface area contributed by atoms with Crippen molar-refractivity contribution in [3.63, 3.8) is 0 Å². The lowest BCUT2D eigenvalue weighted by atomic mass is 10.1. The Labute approximate surface area is 195 Å². The number of hydrogen-bond acceptors (Lipinski definition) is 6. The number of halogens is 1. The summed E-state index contributed by atoms with van der Waals surface area (Å²) in [4.78, 5) is 43.4. The van der Waals surface area contributed by atoms with E-state index in [4.69, 9.17) is 0 Å². The molecule has 2 aromatic heterocycles. The molecule has 0 saturated heterocycles. The van der Waals surface area contributed by atoms with E-state index in [-0.39, 0.29) is 36.9 Å². The van der Waals surface area contributed by atoms with Gasteiger partial charge < -0.3 is 25.0 Å². The molecular formula is C24H27FN4O5. The minimum absolute atomic E-state index is 0.0507. The molecule has 1 unspecified atom stereocenters. The average molecular weight is 471 g/mol. The second-order valence-corrected chi connectivity index (χ2v) is 8.19. The maximum absolute atomic E-state index is 13.3. The lowest BCUT2D eigenvalue weighted by Crippen LogP contribution is -2.40. The van der Waals surface area contributed by atoms with Crippen molar-refractivity contribution in [1.82, 2.24) is 19.8 Å². The lowest BCUT2D eigenvalue weighted by molar-refractivity contribution is -0.127. The topological polar surface area (TPSA) is 125 Å². The first kappa shape index (κ1) is 24.8. The van der Waals surface area contributed by atoms with Gasteiger partial charge in [0.05, 0.1) is 12.1 Å². The van der Waals surface area contributed by atoms with Crippen LogP contribution >= 0.6 is 0 Å². The molecule has 0 spiro atoms. The Bertz CT molecular complexity index is 1270. The molecule has 0 saturated carbocycles. The van der Waals surface area contributed by atoms with Crippen molar-refractivity contribution in [2.75, 3.05) is 20.2 Å². The summed E-state index contributed by atoms with van der Waals surface area (Å²) in [6, 6.07) is 7.02. The Hall–Kier alpha value is -3.79. The standard InChI is InChI=1S/C24H27FN4O5/c1-14(13-30)27-23(33)20-22(32)21-19(29(24(20)34)9-8-28(3)15(2)31)11-17(12-26-21)10-16-4-6-18(25)7-5-16/h4-7,11-12,14,30,32H,8-10,13H2,1-3H3,(H,27,33). The van der Waals surface area contributed by atoms with Gasteiger partial charge in [0.1, 0.15) is 16.9 Å².